The maximum atomic E-state index is 9.07. The number of hydrogen-bond donors (Lipinski definition) is 1. The van der Waals surface area contributed by atoms with Crippen LogP contribution in [0.25, 0.3) is 0 Å². The van der Waals surface area contributed by atoms with Crippen LogP contribution < -0.4 is 0 Å². The molecule has 1 saturated heterocycles. The zero-order valence-electron chi connectivity index (χ0n) is 9.01. The molecule has 2 nitrogen and oxygen atoms in total. The van der Waals surface area contributed by atoms with Crippen molar-refractivity contribution < 1.29 is 9.22 Å². The predicted molar refractivity (Wildman–Crippen MR) is 39.8 cm³/mol. The van der Waals surface area contributed by atoms with Crippen molar-refractivity contribution in [3.63, 3.8) is 0 Å². The van der Waals surface area contributed by atoms with Crippen molar-refractivity contribution in [1.29, 1.82) is 0 Å². The molecule has 0 aromatic carbocycles. The molecule has 2 rings (SSSR count). The van der Waals surface area contributed by atoms with E-state index in [2.05, 4.69) is 0 Å². The summed E-state index contributed by atoms with van der Waals surface area (Å²) in [6, 6.07) is -0.144. The van der Waals surface area contributed by atoms with Crippen LogP contribution >= 0.6 is 0 Å². The van der Waals surface area contributed by atoms with Crippen LogP contribution in [0.5, 0.6) is 0 Å². The lowest BCUT2D eigenvalue weighted by Crippen LogP contribution is -2.27. The Bertz CT molecular complexity index is 212. The lowest BCUT2D eigenvalue weighted by Gasteiger charge is -2.15. The summed E-state index contributed by atoms with van der Waals surface area (Å²) in [7, 11) is 0. The highest BCUT2D eigenvalue weighted by Gasteiger charge is 2.50. The van der Waals surface area contributed by atoms with Gasteiger partial charge >= 0.3 is 0 Å². The zero-order valence-corrected chi connectivity index (χ0v) is 6.01. The van der Waals surface area contributed by atoms with E-state index < -0.39 is 6.98 Å². The van der Waals surface area contributed by atoms with E-state index in [9.17, 15) is 0 Å². The zero-order chi connectivity index (χ0) is 9.69. The van der Waals surface area contributed by atoms with Crippen molar-refractivity contribution >= 4 is 0 Å². The van der Waals surface area contributed by atoms with E-state index in [-0.39, 0.29) is 18.1 Å². The normalized spacial score (nSPS) is 42.9. The summed E-state index contributed by atoms with van der Waals surface area (Å²) in [4.78, 5) is 1.49. The standard InChI is InChI=1S/C8H15NO/c1-9-6-8(2-3-8)4-7(9)5-10/h7,10H,2-6H2,1H3/t7-/m0/s1/i1D3. The van der Waals surface area contributed by atoms with Crippen LogP contribution in [-0.4, -0.2) is 36.2 Å². The molecule has 0 unspecified atom stereocenters. The summed E-state index contributed by atoms with van der Waals surface area (Å²) < 4.78 is 21.9. The second-order valence-corrected chi connectivity index (χ2v) is 3.67. The molecule has 1 aliphatic carbocycles. The first-order valence-electron chi connectivity index (χ1n) is 5.34. The SMILES string of the molecule is [2H]C([2H])([2H])N1CC2(CC2)C[C@H]1CO. The van der Waals surface area contributed by atoms with Crippen molar-refractivity contribution in [2.24, 2.45) is 5.41 Å². The second-order valence-electron chi connectivity index (χ2n) is 3.67. The van der Waals surface area contributed by atoms with Crippen LogP contribution in [0, 0.1) is 5.41 Å². The van der Waals surface area contributed by atoms with Gasteiger partial charge in [-0.25, -0.2) is 0 Å². The highest BCUT2D eigenvalue weighted by Crippen LogP contribution is 2.54. The van der Waals surface area contributed by atoms with Crippen LogP contribution in [0.2, 0.25) is 0 Å². The summed E-state index contributed by atoms with van der Waals surface area (Å²) in [5.41, 5.74) is 0.252. The molecule has 1 atom stereocenters. The van der Waals surface area contributed by atoms with Crippen LogP contribution in [0.4, 0.5) is 0 Å². The molecule has 0 amide bonds. The molecule has 0 aromatic heterocycles. The molecule has 0 aromatic rings. The lowest BCUT2D eigenvalue weighted by atomic mass is 10.0. The van der Waals surface area contributed by atoms with Gasteiger partial charge in [0.25, 0.3) is 0 Å². The number of likely N-dealkylation sites (N-methyl/N-ethyl adjacent to an activating group) is 1. The summed E-state index contributed by atoms with van der Waals surface area (Å²) in [5.74, 6) is 0. The van der Waals surface area contributed by atoms with Crippen LogP contribution in [0.3, 0.4) is 0 Å². The fourth-order valence-corrected chi connectivity index (χ4v) is 1.87. The van der Waals surface area contributed by atoms with E-state index in [0.717, 1.165) is 19.3 Å². The van der Waals surface area contributed by atoms with Gasteiger partial charge in [-0.1, -0.05) is 0 Å². The van der Waals surface area contributed by atoms with Gasteiger partial charge in [-0.2, -0.15) is 0 Å². The Morgan fingerprint density at radius 2 is 2.60 bits per heavy atom. The monoisotopic (exact) mass is 144 g/mol. The van der Waals surface area contributed by atoms with E-state index in [1.807, 2.05) is 0 Å². The smallest absolute Gasteiger partial charge is 0.0586 e. The summed E-state index contributed by atoms with van der Waals surface area (Å²) in [6.07, 6.45) is 3.13. The highest BCUT2D eigenvalue weighted by atomic mass is 16.3. The van der Waals surface area contributed by atoms with Crippen molar-refractivity contribution in [2.75, 3.05) is 20.1 Å². The minimum absolute atomic E-state index is 0.0276. The van der Waals surface area contributed by atoms with Gasteiger partial charge in [0.2, 0.25) is 0 Å². The molecular weight excluding hydrogens is 126 g/mol. The third kappa shape index (κ3) is 0.867. The molecule has 1 spiro atoms. The minimum atomic E-state index is -2.03. The molecule has 1 saturated carbocycles. The molecule has 0 bridgehead atoms. The fourth-order valence-electron chi connectivity index (χ4n) is 1.87. The van der Waals surface area contributed by atoms with E-state index >= 15 is 0 Å². The van der Waals surface area contributed by atoms with Gasteiger partial charge in [-0.3, -0.25) is 0 Å². The molecule has 58 valence electrons. The number of nitrogens with zero attached hydrogens (tertiary/aromatic N) is 1. The second kappa shape index (κ2) is 1.95. The van der Waals surface area contributed by atoms with Crippen molar-refractivity contribution in [3.8, 4) is 0 Å². The van der Waals surface area contributed by atoms with E-state index in [4.69, 9.17) is 9.22 Å². The highest BCUT2D eigenvalue weighted by molar-refractivity contribution is 5.03. The molecule has 1 heterocycles. The van der Waals surface area contributed by atoms with Crippen LogP contribution in [-0.2, 0) is 0 Å². The molecule has 1 aliphatic heterocycles. The van der Waals surface area contributed by atoms with Gasteiger partial charge in [-0.15, -0.1) is 0 Å². The Hall–Kier alpha value is -0.0800. The minimum Gasteiger partial charge on any atom is -0.395 e. The Kier molecular flexibility index (Phi) is 0.796. The quantitative estimate of drug-likeness (QED) is 0.578. The maximum Gasteiger partial charge on any atom is 0.0586 e. The number of likely N-dealkylation sites (tertiary alicyclic amines) is 1. The Morgan fingerprint density at radius 1 is 1.80 bits per heavy atom. The molecule has 2 aliphatic rings. The third-order valence-electron chi connectivity index (χ3n) is 2.78. The number of aliphatic hydroxyl groups excluding tert-OH is 1. The summed E-state index contributed by atoms with van der Waals surface area (Å²) in [6.45, 7) is -1.41. The summed E-state index contributed by atoms with van der Waals surface area (Å²) in [5, 5.41) is 9.07. The third-order valence-corrected chi connectivity index (χ3v) is 2.78. The van der Waals surface area contributed by atoms with E-state index in [1.54, 1.807) is 0 Å². The maximum absolute atomic E-state index is 9.07. The Balaban J connectivity index is 2.10. The molecule has 2 heteroatoms. The van der Waals surface area contributed by atoms with Gasteiger partial charge in [0, 0.05) is 16.7 Å². The first kappa shape index (κ1) is 4.07. The number of aliphatic hydroxyl groups is 1. The lowest BCUT2D eigenvalue weighted by molar-refractivity contribution is 0.182. The topological polar surface area (TPSA) is 23.5 Å². The van der Waals surface area contributed by atoms with Gasteiger partial charge in [-0.05, 0) is 31.7 Å². The van der Waals surface area contributed by atoms with Crippen molar-refractivity contribution in [3.05, 3.63) is 0 Å². The molecule has 1 N–H and O–H groups in total. The average molecular weight is 144 g/mol. The van der Waals surface area contributed by atoms with Crippen molar-refractivity contribution in [2.45, 2.75) is 25.3 Å². The van der Waals surface area contributed by atoms with E-state index in [0.29, 0.717) is 6.54 Å². The van der Waals surface area contributed by atoms with Gasteiger partial charge < -0.3 is 10.0 Å². The first-order valence-corrected chi connectivity index (χ1v) is 3.84. The first-order chi connectivity index (χ1) is 5.97. The number of rotatable bonds is 1. The summed E-state index contributed by atoms with van der Waals surface area (Å²) >= 11 is 0. The number of hydrogen-bond acceptors (Lipinski definition) is 2. The largest absolute Gasteiger partial charge is 0.395 e. The fraction of sp³-hybridized carbons (Fsp3) is 1.00. The average Bonchev–Trinajstić information content (AvgIpc) is 2.60. The van der Waals surface area contributed by atoms with Gasteiger partial charge in [0.05, 0.1) is 6.61 Å². The molecule has 10 heavy (non-hydrogen) atoms. The van der Waals surface area contributed by atoms with Crippen LogP contribution in [0.1, 0.15) is 23.4 Å². The molecule has 2 fully saturated rings. The van der Waals surface area contributed by atoms with E-state index in [1.165, 1.54) is 4.90 Å². The van der Waals surface area contributed by atoms with Gasteiger partial charge in [0.15, 0.2) is 0 Å². The predicted octanol–water partition coefficient (Wildman–Crippen LogP) is 0.463. The Labute approximate surface area is 66.1 Å². The Morgan fingerprint density at radius 3 is 3.00 bits per heavy atom. The molecule has 0 radical (unpaired) electrons. The van der Waals surface area contributed by atoms with Crippen LogP contribution in [0.15, 0.2) is 0 Å². The van der Waals surface area contributed by atoms with Gasteiger partial charge in [0.1, 0.15) is 0 Å². The molecular formula is C8H15NO. The van der Waals surface area contributed by atoms with Crippen molar-refractivity contribution in [1.82, 2.24) is 4.90 Å².